The van der Waals surface area contributed by atoms with Crippen molar-refractivity contribution in [1.82, 2.24) is 29.9 Å². The van der Waals surface area contributed by atoms with E-state index in [2.05, 4.69) is 35.9 Å². The largest absolute Gasteiger partial charge is 0.373 e. The smallest absolute Gasteiger partial charge is 0.263 e. The molecule has 15 heteroatoms. The number of pyridine rings is 3. The number of benzene rings is 1. The van der Waals surface area contributed by atoms with Gasteiger partial charge in [-0.2, -0.15) is 14.0 Å². The SMILES string of the molecule is Cc1nc(F)ccc1[C@H](Nc1cc(Cl)c2ncc(C#N)c(Nc3cnc(F)c(F)c3)c2c1)c1cn(C2(C(F)F)CC2)nn1. The molecular weight excluding hydrogens is 593 g/mol. The Morgan fingerprint density at radius 2 is 1.86 bits per heavy atom. The summed E-state index contributed by atoms with van der Waals surface area (Å²) < 4.78 is 70.0. The van der Waals surface area contributed by atoms with Gasteiger partial charge in [-0.05, 0) is 38.0 Å². The molecule has 0 bridgehead atoms. The molecule has 1 aromatic carbocycles. The zero-order valence-corrected chi connectivity index (χ0v) is 22.8. The minimum atomic E-state index is -2.64. The van der Waals surface area contributed by atoms with Gasteiger partial charge in [-0.25, -0.2) is 27.8 Å². The van der Waals surface area contributed by atoms with Crippen molar-refractivity contribution in [3.63, 3.8) is 0 Å². The highest BCUT2D eigenvalue weighted by Gasteiger charge is 2.54. The van der Waals surface area contributed by atoms with Crippen LogP contribution in [-0.2, 0) is 5.54 Å². The van der Waals surface area contributed by atoms with Gasteiger partial charge in [0, 0.05) is 34.6 Å². The predicted octanol–water partition coefficient (Wildman–Crippen LogP) is 6.57. The van der Waals surface area contributed by atoms with Gasteiger partial charge in [-0.3, -0.25) is 4.98 Å². The van der Waals surface area contributed by atoms with Crippen molar-refractivity contribution in [3.8, 4) is 6.07 Å². The molecule has 0 aliphatic heterocycles. The summed E-state index contributed by atoms with van der Waals surface area (Å²) in [6.07, 6.45) is 1.62. The topological polar surface area (TPSA) is 117 Å². The van der Waals surface area contributed by atoms with Crippen molar-refractivity contribution in [2.45, 2.75) is 37.8 Å². The summed E-state index contributed by atoms with van der Waals surface area (Å²) in [4.78, 5) is 11.5. The second-order valence-corrected chi connectivity index (χ2v) is 10.4. The van der Waals surface area contributed by atoms with Crippen LogP contribution in [0, 0.1) is 36.0 Å². The molecule has 1 fully saturated rings. The van der Waals surface area contributed by atoms with Gasteiger partial charge in [0.15, 0.2) is 5.82 Å². The van der Waals surface area contributed by atoms with E-state index >= 15 is 0 Å². The summed E-state index contributed by atoms with van der Waals surface area (Å²) in [6.45, 7) is 1.59. The monoisotopic (exact) mass is 611 g/mol. The number of hydrogen-bond donors (Lipinski definition) is 2. The van der Waals surface area contributed by atoms with E-state index in [-0.39, 0.29) is 40.5 Å². The Bertz CT molecular complexity index is 1920. The molecule has 43 heavy (non-hydrogen) atoms. The second kappa shape index (κ2) is 10.7. The first-order valence-corrected chi connectivity index (χ1v) is 13.2. The van der Waals surface area contributed by atoms with E-state index in [9.17, 15) is 27.2 Å². The molecule has 218 valence electrons. The van der Waals surface area contributed by atoms with Gasteiger partial charge in [0.05, 0.1) is 45.9 Å². The maximum absolute atomic E-state index is 13.9. The summed E-state index contributed by atoms with van der Waals surface area (Å²) >= 11 is 6.60. The normalized spacial score (nSPS) is 14.5. The van der Waals surface area contributed by atoms with Crippen molar-refractivity contribution < 1.29 is 22.0 Å². The molecule has 4 heterocycles. The molecular formula is C28H19ClF5N9. The maximum atomic E-state index is 13.9. The fraction of sp³-hybridized carbons (Fsp3) is 0.214. The maximum Gasteiger partial charge on any atom is 0.263 e. The lowest BCUT2D eigenvalue weighted by atomic mass is 10.0. The number of nitriles is 1. The molecule has 1 atom stereocenters. The summed E-state index contributed by atoms with van der Waals surface area (Å²) in [7, 11) is 0. The minimum absolute atomic E-state index is 0.0629. The third-order valence-electron chi connectivity index (χ3n) is 7.26. The molecule has 0 spiro atoms. The van der Waals surface area contributed by atoms with Crippen LogP contribution in [-0.4, -0.2) is 36.4 Å². The van der Waals surface area contributed by atoms with Gasteiger partial charge < -0.3 is 10.6 Å². The Labute approximate surface area is 245 Å². The van der Waals surface area contributed by atoms with Crippen molar-refractivity contribution in [2.24, 2.45) is 0 Å². The van der Waals surface area contributed by atoms with Gasteiger partial charge in [0.2, 0.25) is 11.9 Å². The lowest BCUT2D eigenvalue weighted by Gasteiger charge is -2.21. The van der Waals surface area contributed by atoms with Crippen molar-refractivity contribution >= 4 is 39.6 Å². The van der Waals surface area contributed by atoms with Crippen LogP contribution in [0.1, 0.15) is 41.4 Å². The van der Waals surface area contributed by atoms with Gasteiger partial charge >= 0.3 is 0 Å². The van der Waals surface area contributed by atoms with Crippen LogP contribution in [0.4, 0.5) is 39.0 Å². The van der Waals surface area contributed by atoms with Crippen LogP contribution in [0.2, 0.25) is 5.02 Å². The number of aromatic nitrogens is 6. The molecule has 4 aromatic heterocycles. The lowest BCUT2D eigenvalue weighted by Crippen LogP contribution is -2.26. The second-order valence-electron chi connectivity index (χ2n) is 10.0. The van der Waals surface area contributed by atoms with Crippen LogP contribution in [0.25, 0.3) is 10.9 Å². The average Bonchev–Trinajstić information content (AvgIpc) is 3.64. The van der Waals surface area contributed by atoms with Crippen LogP contribution < -0.4 is 10.6 Å². The number of alkyl halides is 2. The number of anilines is 3. The van der Waals surface area contributed by atoms with E-state index in [1.54, 1.807) is 19.1 Å². The first-order chi connectivity index (χ1) is 20.6. The summed E-state index contributed by atoms with van der Waals surface area (Å²) in [5.41, 5.74) is 0.635. The number of aryl methyl sites for hydroxylation is 1. The van der Waals surface area contributed by atoms with Crippen LogP contribution >= 0.6 is 11.6 Å². The molecule has 1 saturated carbocycles. The Hall–Kier alpha value is -4.90. The average molecular weight is 612 g/mol. The van der Waals surface area contributed by atoms with E-state index in [1.165, 1.54) is 18.5 Å². The van der Waals surface area contributed by atoms with Crippen LogP contribution in [0.3, 0.4) is 0 Å². The number of rotatable bonds is 8. The molecule has 0 saturated heterocycles. The third-order valence-corrected chi connectivity index (χ3v) is 7.55. The number of nitrogens with one attached hydrogen (secondary N) is 2. The number of halogens is 6. The molecule has 5 aromatic rings. The van der Waals surface area contributed by atoms with Gasteiger partial charge in [-0.15, -0.1) is 5.10 Å². The van der Waals surface area contributed by atoms with Gasteiger partial charge in [0.25, 0.3) is 6.43 Å². The Morgan fingerprint density at radius 3 is 2.53 bits per heavy atom. The van der Waals surface area contributed by atoms with Gasteiger partial charge in [-0.1, -0.05) is 22.9 Å². The summed E-state index contributed by atoms with van der Waals surface area (Å²) in [6, 6.07) is 7.87. The molecule has 1 aliphatic rings. The standard InChI is InChI=1S/C28H19ClF5N9/c1-13-17(2-3-22(31)38-13)25(21-12-43(42-41-21)28(4-5-28)27(33)34)39-15-6-18-23(40-16-8-20(30)26(32)37-11-16)14(9-35)10-36-24(18)19(29)7-15/h2-3,6-8,10-12,25,27,39H,4-5H2,1H3,(H,36,40)/t25-/m0/s1. The lowest BCUT2D eigenvalue weighted by molar-refractivity contribution is 0.0593. The molecule has 9 nitrogen and oxygen atoms in total. The zero-order valence-electron chi connectivity index (χ0n) is 22.1. The van der Waals surface area contributed by atoms with E-state index in [0.29, 0.717) is 27.8 Å². The molecule has 2 N–H and O–H groups in total. The summed E-state index contributed by atoms with van der Waals surface area (Å²) in [5.74, 6) is -3.18. The van der Waals surface area contributed by atoms with E-state index in [1.807, 2.05) is 6.07 Å². The number of nitrogens with zero attached hydrogens (tertiary/aromatic N) is 7. The van der Waals surface area contributed by atoms with Crippen molar-refractivity contribution in [2.75, 3.05) is 10.6 Å². The fourth-order valence-corrected chi connectivity index (χ4v) is 5.09. The minimum Gasteiger partial charge on any atom is -0.373 e. The van der Waals surface area contributed by atoms with E-state index in [0.717, 1.165) is 23.0 Å². The van der Waals surface area contributed by atoms with Crippen molar-refractivity contribution in [1.29, 1.82) is 5.26 Å². The summed E-state index contributed by atoms with van der Waals surface area (Å²) in [5, 5.41) is 24.6. The quantitative estimate of drug-likeness (QED) is 0.150. The predicted molar refractivity (Wildman–Crippen MR) is 147 cm³/mol. The first kappa shape index (κ1) is 28.2. The molecule has 6 rings (SSSR count). The number of fused-ring (bicyclic) bond motifs is 1. The molecule has 1 aliphatic carbocycles. The van der Waals surface area contributed by atoms with Gasteiger partial charge in [0.1, 0.15) is 17.3 Å². The molecule has 0 unspecified atom stereocenters. The van der Waals surface area contributed by atoms with E-state index < -0.39 is 35.7 Å². The first-order valence-electron chi connectivity index (χ1n) is 12.8. The molecule has 0 amide bonds. The molecule has 0 radical (unpaired) electrons. The Balaban J connectivity index is 1.45. The van der Waals surface area contributed by atoms with E-state index in [4.69, 9.17) is 11.6 Å². The highest BCUT2D eigenvalue weighted by molar-refractivity contribution is 6.36. The van der Waals surface area contributed by atoms with Crippen LogP contribution in [0.15, 0.2) is 48.9 Å². The van der Waals surface area contributed by atoms with Crippen LogP contribution in [0.5, 0.6) is 0 Å². The zero-order chi connectivity index (χ0) is 30.5. The highest BCUT2D eigenvalue weighted by Crippen LogP contribution is 2.48. The van der Waals surface area contributed by atoms with Crippen molar-refractivity contribution in [3.05, 3.63) is 94.2 Å². The Morgan fingerprint density at radius 1 is 1.07 bits per heavy atom. The third kappa shape index (κ3) is 5.16. The fourth-order valence-electron chi connectivity index (χ4n) is 4.82. The number of hydrogen-bond acceptors (Lipinski definition) is 8. The Kier molecular flexibility index (Phi) is 7.05. The highest BCUT2D eigenvalue weighted by atomic mass is 35.5.